The molecule has 2 aromatic carbocycles. The number of carbonyl (C=O) groups excluding carboxylic acids is 1. The zero-order valence-electron chi connectivity index (χ0n) is 13.6. The summed E-state index contributed by atoms with van der Waals surface area (Å²) in [5, 5.41) is 11.1. The summed E-state index contributed by atoms with van der Waals surface area (Å²) in [6, 6.07) is 12.7. The molecular formula is C20H18O4. The molecular weight excluding hydrogens is 304 g/mol. The third-order valence-corrected chi connectivity index (χ3v) is 4.04. The molecule has 3 rings (SSSR count). The van der Waals surface area contributed by atoms with Gasteiger partial charge in [0.2, 0.25) is 0 Å². The predicted molar refractivity (Wildman–Crippen MR) is 93.6 cm³/mol. The van der Waals surface area contributed by atoms with Gasteiger partial charge >= 0.3 is 5.63 Å². The van der Waals surface area contributed by atoms with Gasteiger partial charge in [-0.15, -0.1) is 0 Å². The van der Waals surface area contributed by atoms with E-state index in [1.54, 1.807) is 0 Å². The lowest BCUT2D eigenvalue weighted by Gasteiger charge is -2.13. The Morgan fingerprint density at radius 1 is 1.17 bits per heavy atom. The van der Waals surface area contributed by atoms with Gasteiger partial charge in [0.05, 0.1) is 0 Å². The minimum atomic E-state index is -0.550. The van der Waals surface area contributed by atoms with Gasteiger partial charge in [0.25, 0.3) is 0 Å². The van der Waals surface area contributed by atoms with Crippen LogP contribution in [0.4, 0.5) is 0 Å². The molecule has 0 saturated carbocycles. The number of aromatic hydroxyl groups is 1. The van der Waals surface area contributed by atoms with Crippen LogP contribution in [-0.2, 0) is 6.42 Å². The van der Waals surface area contributed by atoms with Crippen LogP contribution in [0.2, 0.25) is 0 Å². The van der Waals surface area contributed by atoms with E-state index in [4.69, 9.17) is 4.42 Å². The van der Waals surface area contributed by atoms with Gasteiger partial charge in [-0.2, -0.15) is 0 Å². The molecule has 0 aliphatic carbocycles. The van der Waals surface area contributed by atoms with Crippen molar-refractivity contribution in [1.82, 2.24) is 0 Å². The van der Waals surface area contributed by atoms with E-state index in [1.807, 2.05) is 43.3 Å². The largest absolute Gasteiger partial charge is 0.507 e. The van der Waals surface area contributed by atoms with Crippen LogP contribution in [0.15, 0.2) is 51.7 Å². The molecule has 1 N–H and O–H groups in total. The summed E-state index contributed by atoms with van der Waals surface area (Å²) in [4.78, 5) is 24.1. The van der Waals surface area contributed by atoms with Gasteiger partial charge in [-0.3, -0.25) is 4.79 Å². The second-order valence-electron chi connectivity index (χ2n) is 5.79. The third-order valence-electron chi connectivity index (χ3n) is 4.04. The Kier molecular flexibility index (Phi) is 4.21. The van der Waals surface area contributed by atoms with Crippen LogP contribution in [0, 0.1) is 0 Å². The van der Waals surface area contributed by atoms with E-state index in [-0.39, 0.29) is 22.7 Å². The van der Waals surface area contributed by atoms with E-state index in [0.717, 1.165) is 12.0 Å². The molecule has 0 amide bonds. The van der Waals surface area contributed by atoms with Crippen molar-refractivity contribution < 1.29 is 14.3 Å². The fourth-order valence-corrected chi connectivity index (χ4v) is 2.99. The summed E-state index contributed by atoms with van der Waals surface area (Å²) in [5.41, 5.74) is 1.91. The van der Waals surface area contributed by atoms with Crippen LogP contribution in [0.25, 0.3) is 22.1 Å². The number of fused-ring (bicyclic) bond motifs is 1. The van der Waals surface area contributed by atoms with Gasteiger partial charge in [-0.25, -0.2) is 4.79 Å². The molecule has 1 aromatic heterocycles. The molecule has 122 valence electrons. The average molecular weight is 322 g/mol. The highest BCUT2D eigenvalue weighted by atomic mass is 16.4. The van der Waals surface area contributed by atoms with Crippen LogP contribution in [0.3, 0.4) is 0 Å². The second kappa shape index (κ2) is 6.32. The highest BCUT2D eigenvalue weighted by Crippen LogP contribution is 2.36. The van der Waals surface area contributed by atoms with Crippen molar-refractivity contribution in [3.8, 4) is 16.9 Å². The highest BCUT2D eigenvalue weighted by molar-refractivity contribution is 6.10. The first-order chi connectivity index (χ1) is 11.5. The van der Waals surface area contributed by atoms with Crippen molar-refractivity contribution in [2.24, 2.45) is 0 Å². The van der Waals surface area contributed by atoms with Crippen LogP contribution >= 0.6 is 0 Å². The fourth-order valence-electron chi connectivity index (χ4n) is 2.99. The molecule has 3 aromatic rings. The van der Waals surface area contributed by atoms with E-state index in [9.17, 15) is 14.7 Å². The number of Topliss-reactive ketones (excluding diaryl/α,β-unsaturated/α-hetero) is 1. The predicted octanol–water partition coefficient (Wildman–Crippen LogP) is 4.32. The molecule has 0 radical (unpaired) electrons. The Morgan fingerprint density at radius 3 is 2.50 bits per heavy atom. The van der Waals surface area contributed by atoms with Gasteiger partial charge in [0.15, 0.2) is 11.4 Å². The van der Waals surface area contributed by atoms with E-state index in [2.05, 4.69) is 0 Å². The molecule has 0 spiro atoms. The Hall–Kier alpha value is -2.88. The minimum Gasteiger partial charge on any atom is -0.507 e. The molecule has 0 fully saturated rings. The van der Waals surface area contributed by atoms with E-state index in [1.165, 1.54) is 13.0 Å². The van der Waals surface area contributed by atoms with Gasteiger partial charge in [0.1, 0.15) is 11.3 Å². The number of phenols is 1. The Bertz CT molecular complexity index is 968. The summed E-state index contributed by atoms with van der Waals surface area (Å²) >= 11 is 0. The second-order valence-corrected chi connectivity index (χ2v) is 5.79. The first-order valence-electron chi connectivity index (χ1n) is 7.92. The Labute approximate surface area is 139 Å². The van der Waals surface area contributed by atoms with Crippen molar-refractivity contribution in [1.29, 1.82) is 0 Å². The number of ketones is 1. The van der Waals surface area contributed by atoms with Crippen molar-refractivity contribution in [3.63, 3.8) is 0 Å². The van der Waals surface area contributed by atoms with Crippen molar-refractivity contribution in [3.05, 3.63) is 64.0 Å². The molecule has 4 nitrogen and oxygen atoms in total. The normalized spacial score (nSPS) is 10.9. The molecule has 0 atom stereocenters. The first-order valence-corrected chi connectivity index (χ1v) is 7.92. The van der Waals surface area contributed by atoms with Crippen LogP contribution in [-0.4, -0.2) is 10.9 Å². The topological polar surface area (TPSA) is 67.5 Å². The lowest BCUT2D eigenvalue weighted by atomic mass is 9.94. The SMILES string of the molecule is CCCc1cc2c(-c3ccccc3)cc(=O)oc2c(C(C)=O)c1O. The third kappa shape index (κ3) is 2.71. The summed E-state index contributed by atoms with van der Waals surface area (Å²) in [6.07, 6.45) is 1.46. The quantitative estimate of drug-likeness (QED) is 0.574. The van der Waals surface area contributed by atoms with E-state index < -0.39 is 5.63 Å². The summed E-state index contributed by atoms with van der Waals surface area (Å²) < 4.78 is 5.29. The molecule has 1 heterocycles. The van der Waals surface area contributed by atoms with Gasteiger partial charge < -0.3 is 9.52 Å². The van der Waals surface area contributed by atoms with Crippen LogP contribution in [0.1, 0.15) is 36.2 Å². The highest BCUT2D eigenvalue weighted by Gasteiger charge is 2.21. The standard InChI is InChI=1S/C20H18O4/c1-3-7-14-10-16-15(13-8-5-4-6-9-13)11-17(22)24-20(16)18(12(2)21)19(14)23/h4-6,8-11,23H,3,7H2,1-2H3. The van der Waals surface area contributed by atoms with Crippen molar-refractivity contribution >= 4 is 16.8 Å². The van der Waals surface area contributed by atoms with Gasteiger partial charge in [-0.1, -0.05) is 43.7 Å². The average Bonchev–Trinajstić information content (AvgIpc) is 2.56. The number of carbonyl (C=O) groups is 1. The van der Waals surface area contributed by atoms with Gasteiger partial charge in [0, 0.05) is 11.5 Å². The molecule has 0 unspecified atom stereocenters. The monoisotopic (exact) mass is 322 g/mol. The van der Waals surface area contributed by atoms with E-state index >= 15 is 0 Å². The summed E-state index contributed by atoms with van der Waals surface area (Å²) in [5.74, 6) is -0.422. The summed E-state index contributed by atoms with van der Waals surface area (Å²) in [6.45, 7) is 3.36. The maximum absolute atomic E-state index is 12.1. The molecule has 0 aliphatic heterocycles. The van der Waals surface area contributed by atoms with Crippen LogP contribution in [0.5, 0.6) is 5.75 Å². The lowest BCUT2D eigenvalue weighted by Crippen LogP contribution is -2.04. The number of aryl methyl sites for hydroxylation is 1. The molecule has 4 heteroatoms. The molecule has 0 bridgehead atoms. The fraction of sp³-hybridized carbons (Fsp3) is 0.200. The van der Waals surface area contributed by atoms with E-state index in [0.29, 0.717) is 22.9 Å². The molecule has 0 aliphatic rings. The lowest BCUT2D eigenvalue weighted by molar-refractivity contribution is 0.101. The van der Waals surface area contributed by atoms with Crippen molar-refractivity contribution in [2.45, 2.75) is 26.7 Å². The Morgan fingerprint density at radius 2 is 1.88 bits per heavy atom. The number of benzene rings is 2. The number of phenolic OH excluding ortho intramolecular Hbond substituents is 1. The zero-order chi connectivity index (χ0) is 17.3. The number of hydrogen-bond acceptors (Lipinski definition) is 4. The smallest absolute Gasteiger partial charge is 0.336 e. The Balaban J connectivity index is 2.47. The first kappa shape index (κ1) is 16.0. The maximum Gasteiger partial charge on any atom is 0.336 e. The van der Waals surface area contributed by atoms with Crippen LogP contribution < -0.4 is 5.63 Å². The number of hydrogen-bond donors (Lipinski definition) is 1. The number of rotatable bonds is 4. The minimum absolute atomic E-state index is 0.0748. The summed E-state index contributed by atoms with van der Waals surface area (Å²) in [7, 11) is 0. The zero-order valence-corrected chi connectivity index (χ0v) is 13.6. The van der Waals surface area contributed by atoms with Gasteiger partial charge in [-0.05, 0) is 36.1 Å². The molecule has 0 saturated heterocycles. The maximum atomic E-state index is 12.1. The van der Waals surface area contributed by atoms with Crippen molar-refractivity contribution in [2.75, 3.05) is 0 Å². The molecule has 24 heavy (non-hydrogen) atoms.